The summed E-state index contributed by atoms with van der Waals surface area (Å²) in [5, 5.41) is 4.33. The number of thiophene rings is 1. The summed E-state index contributed by atoms with van der Waals surface area (Å²) in [7, 11) is -4.23. The van der Waals surface area contributed by atoms with Gasteiger partial charge in [-0.25, -0.2) is 8.42 Å². The van der Waals surface area contributed by atoms with Gasteiger partial charge in [-0.15, -0.1) is 11.3 Å². The third-order valence-corrected chi connectivity index (χ3v) is 7.52. The molecule has 1 aromatic heterocycles. The lowest BCUT2D eigenvalue weighted by atomic mass is 10.0. The average Bonchev–Trinajstić information content (AvgIpc) is 3.04. The minimum absolute atomic E-state index is 0.206. The van der Waals surface area contributed by atoms with Crippen LogP contribution in [0.15, 0.2) is 58.8 Å². The number of sulfonamides is 1. The molecule has 9 heteroatoms. The molecule has 0 fully saturated rings. The van der Waals surface area contributed by atoms with Crippen molar-refractivity contribution in [3.8, 4) is 11.1 Å². The molecular weight excluding hydrogens is 433 g/mol. The highest BCUT2D eigenvalue weighted by atomic mass is 32.2. The highest BCUT2D eigenvalue weighted by molar-refractivity contribution is 7.93. The van der Waals surface area contributed by atoms with Crippen LogP contribution in [0.5, 0.6) is 0 Å². The van der Waals surface area contributed by atoms with Crippen LogP contribution in [0.25, 0.3) is 11.1 Å². The molecule has 0 saturated carbocycles. The van der Waals surface area contributed by atoms with Gasteiger partial charge in [0.05, 0.1) is 0 Å². The van der Waals surface area contributed by atoms with E-state index in [1.165, 1.54) is 12.1 Å². The summed E-state index contributed by atoms with van der Waals surface area (Å²) in [6.07, 6.45) is -2.76. The van der Waals surface area contributed by atoms with E-state index in [-0.39, 0.29) is 16.0 Å². The molecule has 0 bridgehead atoms. The third kappa shape index (κ3) is 4.23. The number of nitrogens with one attached hydrogen (secondary N) is 2. The van der Waals surface area contributed by atoms with Crippen LogP contribution in [0.1, 0.15) is 22.4 Å². The fourth-order valence-corrected chi connectivity index (χ4v) is 6.14. The minimum atomic E-state index is -4.65. The van der Waals surface area contributed by atoms with Gasteiger partial charge in [0.2, 0.25) is 0 Å². The fourth-order valence-electron chi connectivity index (χ4n) is 3.56. The van der Waals surface area contributed by atoms with E-state index >= 15 is 0 Å². The predicted octanol–water partition coefficient (Wildman–Crippen LogP) is 5.27. The Morgan fingerprint density at radius 3 is 2.53 bits per heavy atom. The molecule has 0 aliphatic carbocycles. The Morgan fingerprint density at radius 1 is 1.03 bits per heavy atom. The van der Waals surface area contributed by atoms with Gasteiger partial charge in [0.1, 0.15) is 9.77 Å². The van der Waals surface area contributed by atoms with E-state index in [0.717, 1.165) is 35.9 Å². The van der Waals surface area contributed by atoms with Crippen molar-refractivity contribution in [2.75, 3.05) is 11.3 Å². The molecule has 30 heavy (non-hydrogen) atoms. The molecular formula is C21H19F3N2O2S2. The van der Waals surface area contributed by atoms with Crippen LogP contribution in [0.3, 0.4) is 0 Å². The maximum absolute atomic E-state index is 13.6. The number of benzene rings is 2. The summed E-state index contributed by atoms with van der Waals surface area (Å²) in [6, 6.07) is 13.0. The van der Waals surface area contributed by atoms with Crippen molar-refractivity contribution in [2.45, 2.75) is 30.5 Å². The molecule has 4 rings (SSSR count). The van der Waals surface area contributed by atoms with Crippen molar-refractivity contribution in [3.05, 3.63) is 69.9 Å². The Bertz CT molecular complexity index is 1160. The van der Waals surface area contributed by atoms with Gasteiger partial charge in [0, 0.05) is 23.2 Å². The van der Waals surface area contributed by atoms with Gasteiger partial charge in [-0.05, 0) is 48.2 Å². The van der Waals surface area contributed by atoms with Gasteiger partial charge in [-0.2, -0.15) is 13.2 Å². The number of halogens is 3. The lowest BCUT2D eigenvalue weighted by Gasteiger charge is -2.14. The summed E-state index contributed by atoms with van der Waals surface area (Å²) in [4.78, 5) is -1.31. The van der Waals surface area contributed by atoms with Crippen LogP contribution in [0, 0.1) is 0 Å². The third-order valence-electron chi connectivity index (χ3n) is 4.94. The Hall–Kier alpha value is -2.36. The van der Waals surface area contributed by atoms with Gasteiger partial charge in [0.25, 0.3) is 10.0 Å². The quantitative estimate of drug-likeness (QED) is 0.567. The minimum Gasteiger partial charge on any atom is -0.313 e. The number of rotatable bonds is 4. The maximum Gasteiger partial charge on any atom is 0.426 e. The molecule has 0 atom stereocenters. The van der Waals surface area contributed by atoms with Crippen molar-refractivity contribution in [1.29, 1.82) is 0 Å². The Labute approximate surface area is 176 Å². The molecule has 0 unspecified atom stereocenters. The molecule has 2 N–H and O–H groups in total. The van der Waals surface area contributed by atoms with Crippen LogP contribution in [0.4, 0.5) is 18.9 Å². The molecule has 158 valence electrons. The Balaban J connectivity index is 1.75. The summed E-state index contributed by atoms with van der Waals surface area (Å²) in [5.41, 5.74) is 2.34. The smallest absolute Gasteiger partial charge is 0.313 e. The Morgan fingerprint density at radius 2 is 1.80 bits per heavy atom. The molecule has 0 radical (unpaired) electrons. The van der Waals surface area contributed by atoms with Gasteiger partial charge >= 0.3 is 6.18 Å². The van der Waals surface area contributed by atoms with Crippen LogP contribution in [-0.2, 0) is 29.2 Å². The number of fused-ring (bicyclic) bond motifs is 1. The van der Waals surface area contributed by atoms with Crippen LogP contribution in [0.2, 0.25) is 0 Å². The second-order valence-electron chi connectivity index (χ2n) is 7.04. The zero-order valence-electron chi connectivity index (χ0n) is 15.8. The normalized spacial score (nSPS) is 14.8. The van der Waals surface area contributed by atoms with E-state index in [2.05, 4.69) is 10.0 Å². The SMILES string of the molecule is O=S(=O)(Nc1ccc2c(c1)CNCCC2)c1csc(C(F)(F)F)c1-c1ccccc1. The number of hydrogen-bond donors (Lipinski definition) is 2. The van der Waals surface area contributed by atoms with Gasteiger partial charge in [-0.3, -0.25) is 4.72 Å². The topological polar surface area (TPSA) is 58.2 Å². The lowest BCUT2D eigenvalue weighted by Crippen LogP contribution is -2.15. The largest absolute Gasteiger partial charge is 0.426 e. The first-order valence-electron chi connectivity index (χ1n) is 9.35. The second-order valence-corrected chi connectivity index (χ2v) is 9.57. The predicted molar refractivity (Wildman–Crippen MR) is 112 cm³/mol. The lowest BCUT2D eigenvalue weighted by molar-refractivity contribution is -0.133. The first-order valence-corrected chi connectivity index (χ1v) is 11.7. The van der Waals surface area contributed by atoms with Gasteiger partial charge in [0.15, 0.2) is 0 Å². The molecule has 0 spiro atoms. The van der Waals surface area contributed by atoms with E-state index < -0.39 is 21.1 Å². The van der Waals surface area contributed by atoms with Crippen LogP contribution < -0.4 is 10.0 Å². The Kier molecular flexibility index (Phi) is 5.61. The zero-order chi connectivity index (χ0) is 21.4. The van der Waals surface area contributed by atoms with Crippen molar-refractivity contribution in [3.63, 3.8) is 0 Å². The molecule has 1 aliphatic rings. The first kappa shape index (κ1) is 20.9. The van der Waals surface area contributed by atoms with E-state index in [0.29, 0.717) is 23.6 Å². The van der Waals surface area contributed by atoms with E-state index in [1.54, 1.807) is 30.3 Å². The second kappa shape index (κ2) is 8.05. The summed E-state index contributed by atoms with van der Waals surface area (Å²) in [5.74, 6) is 0. The van der Waals surface area contributed by atoms with E-state index in [1.807, 2.05) is 6.07 Å². The van der Waals surface area contributed by atoms with Gasteiger partial charge in [-0.1, -0.05) is 36.4 Å². The monoisotopic (exact) mass is 452 g/mol. The highest BCUT2D eigenvalue weighted by Gasteiger charge is 2.39. The first-order chi connectivity index (χ1) is 14.3. The standard InChI is InChI=1S/C21H19F3N2O2S2/c22-21(23,24)20-19(15-5-2-1-3-6-15)18(13-29-20)30(27,28)26-17-9-8-14-7-4-10-25-12-16(14)11-17/h1-3,5-6,8-9,11,13,25-26H,4,7,10,12H2. The van der Waals surface area contributed by atoms with Crippen molar-refractivity contribution in [2.24, 2.45) is 0 Å². The number of aryl methyl sites for hydroxylation is 1. The fraction of sp³-hybridized carbons (Fsp3) is 0.238. The summed E-state index contributed by atoms with van der Waals surface area (Å²) < 4.78 is 69.4. The van der Waals surface area contributed by atoms with Crippen LogP contribution in [-0.4, -0.2) is 15.0 Å². The van der Waals surface area contributed by atoms with Crippen LogP contribution >= 0.6 is 11.3 Å². The summed E-state index contributed by atoms with van der Waals surface area (Å²) in [6.45, 7) is 1.50. The number of alkyl halides is 3. The molecule has 3 aromatic rings. The maximum atomic E-state index is 13.6. The van der Waals surface area contributed by atoms with E-state index in [9.17, 15) is 21.6 Å². The molecule has 0 amide bonds. The number of anilines is 1. The molecule has 1 aliphatic heterocycles. The van der Waals surface area contributed by atoms with Crippen molar-refractivity contribution < 1.29 is 21.6 Å². The van der Waals surface area contributed by atoms with E-state index in [4.69, 9.17) is 0 Å². The molecule has 2 heterocycles. The molecule has 0 saturated heterocycles. The van der Waals surface area contributed by atoms with Gasteiger partial charge < -0.3 is 5.32 Å². The van der Waals surface area contributed by atoms with Crippen molar-refractivity contribution in [1.82, 2.24) is 5.32 Å². The molecule has 2 aromatic carbocycles. The number of hydrogen-bond acceptors (Lipinski definition) is 4. The molecule has 4 nitrogen and oxygen atoms in total. The highest BCUT2D eigenvalue weighted by Crippen LogP contribution is 2.45. The zero-order valence-corrected chi connectivity index (χ0v) is 17.4. The average molecular weight is 453 g/mol. The summed E-state index contributed by atoms with van der Waals surface area (Å²) >= 11 is 0.387. The van der Waals surface area contributed by atoms with Crippen molar-refractivity contribution >= 4 is 27.0 Å².